The highest BCUT2D eigenvalue weighted by Gasteiger charge is 2.14. The minimum absolute atomic E-state index is 0.708. The van der Waals surface area contributed by atoms with E-state index in [1.807, 2.05) is 18.3 Å². The number of rotatable bonds is 4. The number of hydrazone groups is 1. The summed E-state index contributed by atoms with van der Waals surface area (Å²) in [7, 11) is 5.48. The molecule has 1 heterocycles. The lowest BCUT2D eigenvalue weighted by atomic mass is 10.2. The second-order valence-corrected chi connectivity index (χ2v) is 5.74. The SMILES string of the molecule is COc1cc(Br)c(/C=N\N2CC[NH+](C)CC2)cc1OC. The third kappa shape index (κ3) is 3.64. The number of benzene rings is 1. The van der Waals surface area contributed by atoms with Crippen molar-refractivity contribution >= 4 is 22.1 Å². The van der Waals surface area contributed by atoms with Gasteiger partial charge in [0.05, 0.1) is 53.7 Å². The Kier molecular flexibility index (Phi) is 5.25. The molecule has 0 spiro atoms. The molecule has 0 amide bonds. The van der Waals surface area contributed by atoms with Gasteiger partial charge in [0.2, 0.25) is 0 Å². The molecule has 1 saturated heterocycles. The van der Waals surface area contributed by atoms with Crippen LogP contribution in [0.4, 0.5) is 0 Å². The number of quaternary nitrogens is 1. The first-order chi connectivity index (χ1) is 9.63. The predicted octanol–water partition coefficient (Wildman–Crippen LogP) is 0.631. The smallest absolute Gasteiger partial charge is 0.161 e. The van der Waals surface area contributed by atoms with Crippen LogP contribution in [0.2, 0.25) is 0 Å². The Morgan fingerprint density at radius 3 is 2.40 bits per heavy atom. The van der Waals surface area contributed by atoms with Gasteiger partial charge < -0.3 is 14.4 Å². The Morgan fingerprint density at radius 2 is 1.80 bits per heavy atom. The predicted molar refractivity (Wildman–Crippen MR) is 83.0 cm³/mol. The third-order valence-electron chi connectivity index (χ3n) is 3.46. The number of piperazine rings is 1. The van der Waals surface area contributed by atoms with Crippen LogP contribution in [0.1, 0.15) is 5.56 Å². The van der Waals surface area contributed by atoms with Gasteiger partial charge in [0.1, 0.15) is 0 Å². The van der Waals surface area contributed by atoms with E-state index in [1.54, 1.807) is 19.1 Å². The summed E-state index contributed by atoms with van der Waals surface area (Å²) >= 11 is 3.54. The van der Waals surface area contributed by atoms with Gasteiger partial charge in [-0.15, -0.1) is 0 Å². The van der Waals surface area contributed by atoms with Crippen molar-refractivity contribution in [2.75, 3.05) is 47.4 Å². The largest absolute Gasteiger partial charge is 0.493 e. The molecule has 2 rings (SSSR count). The molecule has 1 aromatic carbocycles. The highest BCUT2D eigenvalue weighted by atomic mass is 79.9. The first-order valence-electron chi connectivity index (χ1n) is 6.65. The zero-order chi connectivity index (χ0) is 14.5. The van der Waals surface area contributed by atoms with Gasteiger partial charge in [-0.2, -0.15) is 5.10 Å². The standard InChI is InChI=1S/C14H20BrN3O2/c1-17-4-6-18(7-5-17)16-10-11-8-13(19-2)14(20-3)9-12(11)15/h8-10H,4-7H2,1-3H3/p+1/b16-10-. The maximum Gasteiger partial charge on any atom is 0.161 e. The molecule has 110 valence electrons. The lowest BCUT2D eigenvalue weighted by Crippen LogP contribution is -3.11. The lowest BCUT2D eigenvalue weighted by Gasteiger charge is -2.27. The molecule has 6 heteroatoms. The fraction of sp³-hybridized carbons (Fsp3) is 0.500. The van der Waals surface area contributed by atoms with Crippen molar-refractivity contribution in [3.05, 3.63) is 22.2 Å². The van der Waals surface area contributed by atoms with Crippen LogP contribution in [-0.4, -0.2) is 58.7 Å². The van der Waals surface area contributed by atoms with Crippen molar-refractivity contribution in [2.24, 2.45) is 5.10 Å². The Balaban J connectivity index is 2.12. The van der Waals surface area contributed by atoms with Crippen LogP contribution in [0, 0.1) is 0 Å². The molecule has 1 N–H and O–H groups in total. The van der Waals surface area contributed by atoms with Crippen LogP contribution >= 0.6 is 15.9 Å². The quantitative estimate of drug-likeness (QED) is 0.816. The van der Waals surface area contributed by atoms with Crippen LogP contribution in [0.3, 0.4) is 0 Å². The van der Waals surface area contributed by atoms with Crippen molar-refractivity contribution in [3.8, 4) is 11.5 Å². The fourth-order valence-electron chi connectivity index (χ4n) is 2.10. The number of likely N-dealkylation sites (N-methyl/N-ethyl adjacent to an activating group) is 1. The van der Waals surface area contributed by atoms with E-state index in [2.05, 4.69) is 33.1 Å². The van der Waals surface area contributed by atoms with E-state index >= 15 is 0 Å². The Bertz CT molecular complexity index is 486. The van der Waals surface area contributed by atoms with Gasteiger partial charge in [-0.1, -0.05) is 0 Å². The molecule has 1 aliphatic rings. The Labute approximate surface area is 128 Å². The number of nitrogens with zero attached hydrogens (tertiary/aromatic N) is 2. The number of nitrogens with one attached hydrogen (secondary N) is 1. The zero-order valence-corrected chi connectivity index (χ0v) is 13.7. The molecular formula is C14H21BrN3O2+. The van der Waals surface area contributed by atoms with Crippen molar-refractivity contribution in [1.29, 1.82) is 0 Å². The van der Waals surface area contributed by atoms with Crippen molar-refractivity contribution < 1.29 is 14.4 Å². The average Bonchev–Trinajstić information content (AvgIpc) is 2.47. The van der Waals surface area contributed by atoms with Crippen molar-refractivity contribution in [3.63, 3.8) is 0 Å². The van der Waals surface area contributed by atoms with E-state index in [9.17, 15) is 0 Å². The summed E-state index contributed by atoms with van der Waals surface area (Å²) in [6, 6.07) is 3.82. The summed E-state index contributed by atoms with van der Waals surface area (Å²) in [6.45, 7) is 4.25. The molecule has 0 aromatic heterocycles. The van der Waals surface area contributed by atoms with Crippen LogP contribution in [-0.2, 0) is 0 Å². The third-order valence-corrected chi connectivity index (χ3v) is 4.14. The summed E-state index contributed by atoms with van der Waals surface area (Å²) in [4.78, 5) is 1.56. The number of methoxy groups -OCH3 is 2. The van der Waals surface area contributed by atoms with E-state index in [0.29, 0.717) is 11.5 Å². The maximum absolute atomic E-state index is 5.31. The van der Waals surface area contributed by atoms with E-state index in [-0.39, 0.29) is 0 Å². The monoisotopic (exact) mass is 342 g/mol. The molecule has 1 fully saturated rings. The molecule has 1 aromatic rings. The van der Waals surface area contributed by atoms with Crippen molar-refractivity contribution in [2.45, 2.75) is 0 Å². The van der Waals surface area contributed by atoms with E-state index in [1.165, 1.54) is 0 Å². The first kappa shape index (κ1) is 15.1. The van der Waals surface area contributed by atoms with Crippen LogP contribution in [0.25, 0.3) is 0 Å². The van der Waals surface area contributed by atoms with Crippen LogP contribution in [0.15, 0.2) is 21.7 Å². The van der Waals surface area contributed by atoms with E-state index < -0.39 is 0 Å². The van der Waals surface area contributed by atoms with Gasteiger partial charge in [-0.25, -0.2) is 0 Å². The molecule has 0 bridgehead atoms. The molecule has 20 heavy (non-hydrogen) atoms. The minimum Gasteiger partial charge on any atom is -0.493 e. The van der Waals surface area contributed by atoms with Crippen LogP contribution < -0.4 is 14.4 Å². The van der Waals surface area contributed by atoms with Gasteiger partial charge >= 0.3 is 0 Å². The van der Waals surface area contributed by atoms with E-state index in [4.69, 9.17) is 9.47 Å². The molecule has 0 atom stereocenters. The zero-order valence-electron chi connectivity index (χ0n) is 12.1. The van der Waals surface area contributed by atoms with Gasteiger partial charge in [0.25, 0.3) is 0 Å². The normalized spacial score (nSPS) is 16.7. The topological polar surface area (TPSA) is 38.5 Å². The number of hydrogen-bond donors (Lipinski definition) is 1. The highest BCUT2D eigenvalue weighted by molar-refractivity contribution is 9.10. The molecule has 0 radical (unpaired) electrons. The van der Waals surface area contributed by atoms with Gasteiger partial charge in [0.15, 0.2) is 11.5 Å². The first-order valence-corrected chi connectivity index (χ1v) is 7.45. The number of hydrogen-bond acceptors (Lipinski definition) is 4. The van der Waals surface area contributed by atoms with Gasteiger partial charge in [-0.3, -0.25) is 5.01 Å². The highest BCUT2D eigenvalue weighted by Crippen LogP contribution is 2.32. The molecule has 0 aliphatic carbocycles. The number of ether oxygens (including phenoxy) is 2. The summed E-state index contributed by atoms with van der Waals surface area (Å²) in [5.41, 5.74) is 0.980. The van der Waals surface area contributed by atoms with Gasteiger partial charge in [-0.05, 0) is 28.1 Å². The second kappa shape index (κ2) is 6.95. The molecule has 0 saturated carbocycles. The molecular weight excluding hydrogens is 322 g/mol. The van der Waals surface area contributed by atoms with Crippen LogP contribution in [0.5, 0.6) is 11.5 Å². The molecule has 1 aliphatic heterocycles. The van der Waals surface area contributed by atoms with E-state index in [0.717, 1.165) is 36.2 Å². The number of halogens is 1. The van der Waals surface area contributed by atoms with Crippen molar-refractivity contribution in [1.82, 2.24) is 5.01 Å². The summed E-state index contributed by atoms with van der Waals surface area (Å²) in [6.07, 6.45) is 1.87. The lowest BCUT2D eigenvalue weighted by molar-refractivity contribution is -0.884. The molecule has 5 nitrogen and oxygen atoms in total. The van der Waals surface area contributed by atoms with Gasteiger partial charge in [0, 0.05) is 10.0 Å². The summed E-state index contributed by atoms with van der Waals surface area (Å²) in [5.74, 6) is 1.42. The summed E-state index contributed by atoms with van der Waals surface area (Å²) < 4.78 is 11.5. The second-order valence-electron chi connectivity index (χ2n) is 4.88. The molecule has 0 unspecified atom stereocenters. The Hall–Kier alpha value is -1.27. The maximum atomic E-state index is 5.31. The minimum atomic E-state index is 0.708. The summed E-state index contributed by atoms with van der Waals surface area (Å²) in [5, 5.41) is 6.66. The fourth-order valence-corrected chi connectivity index (χ4v) is 2.53. The Morgan fingerprint density at radius 1 is 1.20 bits per heavy atom. The average molecular weight is 343 g/mol.